The fourth-order valence-corrected chi connectivity index (χ4v) is 4.34. The van der Waals surface area contributed by atoms with Gasteiger partial charge in [-0.15, -0.1) is 0 Å². The molecule has 1 saturated heterocycles. The number of likely N-dealkylation sites (tertiary alicyclic amines) is 1. The number of esters is 2. The Morgan fingerprint density at radius 2 is 2.00 bits per heavy atom. The van der Waals surface area contributed by atoms with Crippen molar-refractivity contribution < 1.29 is 28.6 Å². The van der Waals surface area contributed by atoms with Crippen LogP contribution in [0.4, 0.5) is 4.79 Å². The van der Waals surface area contributed by atoms with Crippen molar-refractivity contribution in [2.75, 3.05) is 27.4 Å². The number of halogens is 2. The van der Waals surface area contributed by atoms with Crippen LogP contribution in [0.3, 0.4) is 0 Å². The number of rotatable bonds is 6. The molecule has 150 valence electrons. The summed E-state index contributed by atoms with van der Waals surface area (Å²) >= 11 is 6.61. The van der Waals surface area contributed by atoms with Crippen LogP contribution in [0.1, 0.15) is 26.2 Å². The summed E-state index contributed by atoms with van der Waals surface area (Å²) in [4.78, 5) is 38.8. The molecule has 1 aromatic heterocycles. The maximum absolute atomic E-state index is 12.7. The zero-order valence-corrected chi connectivity index (χ0v) is 18.4. The Labute approximate surface area is 173 Å². The summed E-state index contributed by atoms with van der Waals surface area (Å²) in [5.74, 6) is -1.27. The maximum Gasteiger partial charge on any atom is 0.410 e. The van der Waals surface area contributed by atoms with E-state index < -0.39 is 29.6 Å². The average molecular weight is 511 g/mol. The number of aromatic nitrogens is 2. The maximum atomic E-state index is 12.7. The van der Waals surface area contributed by atoms with Gasteiger partial charge in [0.2, 0.25) is 0 Å². The van der Waals surface area contributed by atoms with Gasteiger partial charge in [0.25, 0.3) is 0 Å². The van der Waals surface area contributed by atoms with E-state index in [4.69, 9.17) is 14.2 Å². The SMILES string of the molecule is CCCCOC(=O)N1CC(C(=O)OC)(n2nc(Br)cc2Br)C[C@H]1C(=O)OC. The molecular formula is C16H21Br2N3O6. The largest absolute Gasteiger partial charge is 0.467 e. The van der Waals surface area contributed by atoms with Crippen molar-refractivity contribution in [3.8, 4) is 0 Å². The highest BCUT2D eigenvalue weighted by atomic mass is 79.9. The average Bonchev–Trinajstić information content (AvgIpc) is 3.21. The van der Waals surface area contributed by atoms with Gasteiger partial charge in [-0.05, 0) is 38.3 Å². The second kappa shape index (κ2) is 9.05. The molecule has 2 atom stereocenters. The van der Waals surface area contributed by atoms with Gasteiger partial charge in [-0.3, -0.25) is 4.90 Å². The van der Waals surface area contributed by atoms with Crippen LogP contribution in [0, 0.1) is 0 Å². The summed E-state index contributed by atoms with van der Waals surface area (Å²) in [5.41, 5.74) is -1.40. The lowest BCUT2D eigenvalue weighted by Gasteiger charge is -2.27. The number of nitrogens with zero attached hydrogens (tertiary/aromatic N) is 3. The number of unbranched alkanes of at least 4 members (excludes halogenated alkanes) is 1. The van der Waals surface area contributed by atoms with E-state index in [9.17, 15) is 14.4 Å². The molecule has 2 rings (SSSR count). The summed E-state index contributed by atoms with van der Waals surface area (Å²) in [6.45, 7) is 2.05. The van der Waals surface area contributed by atoms with Gasteiger partial charge in [-0.2, -0.15) is 5.10 Å². The van der Waals surface area contributed by atoms with Crippen molar-refractivity contribution in [1.29, 1.82) is 0 Å². The third-order valence-electron chi connectivity index (χ3n) is 4.38. The van der Waals surface area contributed by atoms with Gasteiger partial charge in [0.05, 0.1) is 27.4 Å². The second-order valence-electron chi connectivity index (χ2n) is 6.06. The minimum absolute atomic E-state index is 0.0536. The first-order valence-corrected chi connectivity index (χ1v) is 9.90. The summed E-state index contributed by atoms with van der Waals surface area (Å²) in [6, 6.07) is 0.651. The Hall–Kier alpha value is -1.62. The molecule has 0 spiro atoms. The van der Waals surface area contributed by atoms with Gasteiger partial charge >= 0.3 is 18.0 Å². The molecule has 0 radical (unpaired) electrons. The molecule has 27 heavy (non-hydrogen) atoms. The van der Waals surface area contributed by atoms with Gasteiger partial charge in [0, 0.05) is 12.5 Å². The Balaban J connectivity index is 2.44. The highest BCUT2D eigenvalue weighted by Crippen LogP contribution is 2.38. The Morgan fingerprint density at radius 3 is 2.52 bits per heavy atom. The number of methoxy groups -OCH3 is 2. The Kier molecular flexibility index (Phi) is 7.26. The topological polar surface area (TPSA) is 100.0 Å². The number of carbonyl (C=O) groups is 3. The lowest BCUT2D eigenvalue weighted by Crippen LogP contribution is -2.47. The van der Waals surface area contributed by atoms with E-state index in [2.05, 4.69) is 37.0 Å². The first-order valence-electron chi connectivity index (χ1n) is 8.32. The van der Waals surface area contributed by atoms with Crippen molar-refractivity contribution in [1.82, 2.24) is 14.7 Å². The van der Waals surface area contributed by atoms with Crippen LogP contribution in [0.5, 0.6) is 0 Å². The number of hydrogen-bond acceptors (Lipinski definition) is 7. The number of carbonyl (C=O) groups excluding carboxylic acids is 3. The molecule has 0 bridgehead atoms. The minimum Gasteiger partial charge on any atom is -0.467 e. The van der Waals surface area contributed by atoms with E-state index in [-0.39, 0.29) is 19.6 Å². The summed E-state index contributed by atoms with van der Waals surface area (Å²) < 4.78 is 17.4. The predicted molar refractivity (Wildman–Crippen MR) is 101 cm³/mol. The molecule has 0 aliphatic carbocycles. The summed E-state index contributed by atoms with van der Waals surface area (Å²) in [7, 11) is 2.47. The van der Waals surface area contributed by atoms with Gasteiger partial charge < -0.3 is 14.2 Å². The molecular weight excluding hydrogens is 490 g/mol. The van der Waals surface area contributed by atoms with Crippen LogP contribution in [0.2, 0.25) is 0 Å². The molecule has 1 aromatic rings. The van der Waals surface area contributed by atoms with Crippen LogP contribution in [-0.4, -0.2) is 66.1 Å². The molecule has 1 unspecified atom stereocenters. The number of hydrogen-bond donors (Lipinski definition) is 0. The van der Waals surface area contributed by atoms with Crippen LogP contribution in [-0.2, 0) is 29.3 Å². The highest BCUT2D eigenvalue weighted by molar-refractivity contribution is 9.11. The van der Waals surface area contributed by atoms with Gasteiger partial charge in [-0.25, -0.2) is 19.1 Å². The van der Waals surface area contributed by atoms with E-state index in [1.54, 1.807) is 6.07 Å². The zero-order chi connectivity index (χ0) is 20.2. The highest BCUT2D eigenvalue weighted by Gasteiger charge is 2.57. The van der Waals surface area contributed by atoms with Crippen molar-refractivity contribution in [2.45, 2.75) is 37.8 Å². The number of amides is 1. The predicted octanol–water partition coefficient (Wildman–Crippen LogP) is 2.46. The smallest absolute Gasteiger partial charge is 0.410 e. The Morgan fingerprint density at radius 1 is 1.30 bits per heavy atom. The van der Waals surface area contributed by atoms with Crippen LogP contribution < -0.4 is 0 Å². The summed E-state index contributed by atoms with van der Waals surface area (Å²) in [5, 5.41) is 4.28. The van der Waals surface area contributed by atoms with Gasteiger partial charge in [0.15, 0.2) is 5.54 Å². The lowest BCUT2D eigenvalue weighted by atomic mass is 9.96. The van der Waals surface area contributed by atoms with Crippen molar-refractivity contribution >= 4 is 49.9 Å². The van der Waals surface area contributed by atoms with Gasteiger partial charge in [-0.1, -0.05) is 13.3 Å². The third kappa shape index (κ3) is 4.29. The molecule has 0 N–H and O–H groups in total. The van der Waals surface area contributed by atoms with Crippen LogP contribution >= 0.6 is 31.9 Å². The second-order valence-corrected chi connectivity index (χ2v) is 7.69. The molecule has 1 amide bonds. The first kappa shape index (κ1) is 21.7. The van der Waals surface area contributed by atoms with Crippen molar-refractivity contribution in [3.05, 3.63) is 15.3 Å². The van der Waals surface area contributed by atoms with Crippen LogP contribution in [0.25, 0.3) is 0 Å². The fourth-order valence-electron chi connectivity index (χ4n) is 3.02. The zero-order valence-electron chi connectivity index (χ0n) is 15.2. The Bertz CT molecular complexity index is 725. The standard InChI is InChI=1S/C16H21Br2N3O6/c1-4-5-6-27-15(24)20-9-16(14(23)26-3,8-10(20)13(22)25-2)21-12(18)7-11(17)19-21/h7,10H,4-6,8-9H2,1-3H3/t10-,16?/m0/s1. The van der Waals surface area contributed by atoms with E-state index in [1.165, 1.54) is 23.8 Å². The number of ether oxygens (including phenoxy) is 3. The first-order chi connectivity index (χ1) is 12.8. The molecule has 0 aromatic carbocycles. The van der Waals surface area contributed by atoms with Gasteiger partial charge in [0.1, 0.15) is 15.2 Å². The molecule has 1 aliphatic heterocycles. The fraction of sp³-hybridized carbons (Fsp3) is 0.625. The van der Waals surface area contributed by atoms with E-state index in [0.717, 1.165) is 6.42 Å². The van der Waals surface area contributed by atoms with Crippen molar-refractivity contribution in [3.63, 3.8) is 0 Å². The monoisotopic (exact) mass is 509 g/mol. The van der Waals surface area contributed by atoms with E-state index in [1.807, 2.05) is 6.92 Å². The molecule has 9 nitrogen and oxygen atoms in total. The quantitative estimate of drug-likeness (QED) is 0.329. The van der Waals surface area contributed by atoms with E-state index in [0.29, 0.717) is 15.6 Å². The molecule has 11 heteroatoms. The normalized spacial score (nSPS) is 21.8. The molecule has 1 aliphatic rings. The summed E-state index contributed by atoms with van der Waals surface area (Å²) in [6.07, 6.45) is 0.810. The minimum atomic E-state index is -1.40. The molecule has 0 saturated carbocycles. The lowest BCUT2D eigenvalue weighted by molar-refractivity contribution is -0.151. The van der Waals surface area contributed by atoms with Crippen LogP contribution in [0.15, 0.2) is 15.3 Å². The third-order valence-corrected chi connectivity index (χ3v) is 5.33. The molecule has 2 heterocycles. The van der Waals surface area contributed by atoms with E-state index >= 15 is 0 Å². The van der Waals surface area contributed by atoms with Crippen molar-refractivity contribution in [2.24, 2.45) is 0 Å². The molecule has 1 fully saturated rings.